The van der Waals surface area contributed by atoms with Crippen molar-refractivity contribution in [3.63, 3.8) is 0 Å². The van der Waals surface area contributed by atoms with Gasteiger partial charge in [0.15, 0.2) is 0 Å². The normalized spacial score (nSPS) is 10.4. The number of pyridine rings is 1. The van der Waals surface area contributed by atoms with Crippen molar-refractivity contribution in [3.8, 4) is 5.75 Å². The van der Waals surface area contributed by atoms with Crippen molar-refractivity contribution < 1.29 is 9.53 Å². The number of ether oxygens (including phenoxy) is 1. The first-order valence-electron chi connectivity index (χ1n) is 8.43. The van der Waals surface area contributed by atoms with Crippen LogP contribution in [0.4, 0.5) is 0 Å². The maximum atomic E-state index is 12.2. The quantitative estimate of drug-likeness (QED) is 0.617. The molecule has 0 saturated carbocycles. The summed E-state index contributed by atoms with van der Waals surface area (Å²) in [6.07, 6.45) is 1.88. The van der Waals surface area contributed by atoms with Crippen LogP contribution >= 0.6 is 23.2 Å². The van der Waals surface area contributed by atoms with Crippen molar-refractivity contribution in [2.75, 3.05) is 0 Å². The van der Waals surface area contributed by atoms with E-state index in [1.807, 2.05) is 42.5 Å². The molecule has 1 heterocycles. The molecule has 6 heteroatoms. The smallest absolute Gasteiger partial charge is 0.224 e. The molecule has 0 unspecified atom stereocenters. The van der Waals surface area contributed by atoms with Crippen LogP contribution in [-0.2, 0) is 24.4 Å². The van der Waals surface area contributed by atoms with Gasteiger partial charge in [0, 0.05) is 22.8 Å². The highest BCUT2D eigenvalue weighted by molar-refractivity contribution is 6.36. The molecule has 0 spiro atoms. The largest absolute Gasteiger partial charge is 0.487 e. The fourth-order valence-electron chi connectivity index (χ4n) is 2.47. The molecule has 0 bridgehead atoms. The molecule has 1 amide bonds. The Morgan fingerprint density at radius 2 is 1.70 bits per heavy atom. The van der Waals surface area contributed by atoms with Crippen LogP contribution < -0.4 is 10.1 Å². The lowest BCUT2D eigenvalue weighted by Gasteiger charge is -2.09. The van der Waals surface area contributed by atoms with Crippen LogP contribution in [0.5, 0.6) is 5.75 Å². The Morgan fingerprint density at radius 3 is 2.37 bits per heavy atom. The Morgan fingerprint density at radius 1 is 0.963 bits per heavy atom. The zero-order valence-electron chi connectivity index (χ0n) is 14.5. The number of rotatable bonds is 7. The molecule has 27 heavy (non-hydrogen) atoms. The molecular formula is C21H18Cl2N2O2. The van der Waals surface area contributed by atoms with Crippen molar-refractivity contribution in [3.05, 3.63) is 93.7 Å². The van der Waals surface area contributed by atoms with Gasteiger partial charge < -0.3 is 10.1 Å². The van der Waals surface area contributed by atoms with Crippen molar-refractivity contribution in [1.82, 2.24) is 10.3 Å². The average molecular weight is 401 g/mol. The van der Waals surface area contributed by atoms with E-state index in [1.165, 1.54) is 0 Å². The summed E-state index contributed by atoms with van der Waals surface area (Å²) in [5.74, 6) is 0.610. The van der Waals surface area contributed by atoms with Gasteiger partial charge in [0.05, 0.1) is 12.1 Å². The van der Waals surface area contributed by atoms with Crippen LogP contribution in [0.1, 0.15) is 16.8 Å². The SMILES string of the molecule is O=C(Cc1c(Cl)cccc1Cl)NCc1ccc(OCc2ccccn2)cc1. The van der Waals surface area contributed by atoms with Gasteiger partial charge >= 0.3 is 0 Å². The fourth-order valence-corrected chi connectivity index (χ4v) is 3.00. The van der Waals surface area contributed by atoms with Gasteiger partial charge in [0.25, 0.3) is 0 Å². The highest BCUT2D eigenvalue weighted by Crippen LogP contribution is 2.24. The minimum absolute atomic E-state index is 0.138. The molecule has 2 aromatic carbocycles. The Labute approximate surface area is 168 Å². The minimum Gasteiger partial charge on any atom is -0.487 e. The summed E-state index contributed by atoms with van der Waals surface area (Å²) in [5.41, 5.74) is 2.47. The molecule has 3 rings (SSSR count). The van der Waals surface area contributed by atoms with Gasteiger partial charge in [-0.2, -0.15) is 0 Å². The van der Waals surface area contributed by atoms with Crippen LogP contribution in [0, 0.1) is 0 Å². The van der Waals surface area contributed by atoms with Crippen LogP contribution in [0.15, 0.2) is 66.9 Å². The molecule has 138 valence electrons. The van der Waals surface area contributed by atoms with Gasteiger partial charge in [-0.3, -0.25) is 9.78 Å². The molecule has 3 aromatic rings. The van der Waals surface area contributed by atoms with Gasteiger partial charge in [-0.1, -0.05) is 47.5 Å². The zero-order chi connectivity index (χ0) is 19.1. The van der Waals surface area contributed by atoms with E-state index in [0.29, 0.717) is 28.8 Å². The van der Waals surface area contributed by atoms with Gasteiger partial charge in [-0.25, -0.2) is 0 Å². The topological polar surface area (TPSA) is 51.2 Å². The Balaban J connectivity index is 1.49. The molecule has 0 fully saturated rings. The number of hydrogen-bond acceptors (Lipinski definition) is 3. The number of carbonyl (C=O) groups is 1. The molecule has 1 N–H and O–H groups in total. The van der Waals surface area contributed by atoms with E-state index >= 15 is 0 Å². The van der Waals surface area contributed by atoms with Crippen molar-refractivity contribution in [2.45, 2.75) is 19.6 Å². The van der Waals surface area contributed by atoms with E-state index in [2.05, 4.69) is 10.3 Å². The van der Waals surface area contributed by atoms with Crippen molar-refractivity contribution >= 4 is 29.1 Å². The van der Waals surface area contributed by atoms with E-state index in [0.717, 1.165) is 17.0 Å². The second kappa shape index (κ2) is 9.40. The van der Waals surface area contributed by atoms with E-state index < -0.39 is 0 Å². The first-order valence-corrected chi connectivity index (χ1v) is 9.18. The van der Waals surface area contributed by atoms with Crippen LogP contribution in [0.2, 0.25) is 10.0 Å². The van der Waals surface area contributed by atoms with Crippen molar-refractivity contribution in [1.29, 1.82) is 0 Å². The molecule has 0 saturated heterocycles. The summed E-state index contributed by atoms with van der Waals surface area (Å²) in [5, 5.41) is 3.86. The van der Waals surface area contributed by atoms with Gasteiger partial charge in [-0.05, 0) is 47.5 Å². The van der Waals surface area contributed by atoms with Crippen LogP contribution in [0.3, 0.4) is 0 Å². The first-order chi connectivity index (χ1) is 13.1. The summed E-state index contributed by atoms with van der Waals surface area (Å²) in [7, 11) is 0. The third kappa shape index (κ3) is 5.71. The number of amides is 1. The lowest BCUT2D eigenvalue weighted by atomic mass is 10.1. The Hall–Kier alpha value is -2.56. The van der Waals surface area contributed by atoms with Gasteiger partial charge in [0.2, 0.25) is 5.91 Å². The number of hydrogen-bond donors (Lipinski definition) is 1. The average Bonchev–Trinajstić information content (AvgIpc) is 2.69. The van der Waals surface area contributed by atoms with Crippen molar-refractivity contribution in [2.24, 2.45) is 0 Å². The maximum Gasteiger partial charge on any atom is 0.224 e. The second-order valence-electron chi connectivity index (χ2n) is 5.91. The molecule has 0 radical (unpaired) electrons. The predicted octanol–water partition coefficient (Wildman–Crippen LogP) is 4.83. The molecule has 4 nitrogen and oxygen atoms in total. The molecular weight excluding hydrogens is 383 g/mol. The Kier molecular flexibility index (Phi) is 6.69. The second-order valence-corrected chi connectivity index (χ2v) is 6.72. The highest BCUT2D eigenvalue weighted by Gasteiger charge is 2.10. The summed E-state index contributed by atoms with van der Waals surface area (Å²) < 4.78 is 5.70. The number of nitrogens with zero attached hydrogens (tertiary/aromatic N) is 1. The number of benzene rings is 2. The minimum atomic E-state index is -0.138. The number of carbonyl (C=O) groups excluding carboxylic acids is 1. The fraction of sp³-hybridized carbons (Fsp3) is 0.143. The van der Waals surface area contributed by atoms with E-state index in [9.17, 15) is 4.79 Å². The van der Waals surface area contributed by atoms with Gasteiger partial charge in [0.1, 0.15) is 12.4 Å². The number of halogens is 2. The predicted molar refractivity (Wildman–Crippen MR) is 107 cm³/mol. The number of nitrogens with one attached hydrogen (secondary N) is 1. The van der Waals surface area contributed by atoms with E-state index in [1.54, 1.807) is 24.4 Å². The Bertz CT molecular complexity index is 880. The molecule has 1 aromatic heterocycles. The van der Waals surface area contributed by atoms with E-state index in [4.69, 9.17) is 27.9 Å². The van der Waals surface area contributed by atoms with Crippen LogP contribution in [-0.4, -0.2) is 10.9 Å². The van der Waals surface area contributed by atoms with Gasteiger partial charge in [-0.15, -0.1) is 0 Å². The number of aromatic nitrogens is 1. The molecule has 0 aliphatic rings. The monoisotopic (exact) mass is 400 g/mol. The summed E-state index contributed by atoms with van der Waals surface area (Å²) in [6, 6.07) is 18.5. The summed E-state index contributed by atoms with van der Waals surface area (Å²) in [6.45, 7) is 0.830. The van der Waals surface area contributed by atoms with E-state index in [-0.39, 0.29) is 12.3 Å². The lowest BCUT2D eigenvalue weighted by molar-refractivity contribution is -0.120. The molecule has 0 aliphatic carbocycles. The highest BCUT2D eigenvalue weighted by atomic mass is 35.5. The third-order valence-corrected chi connectivity index (χ3v) is 4.63. The summed E-state index contributed by atoms with van der Waals surface area (Å²) in [4.78, 5) is 16.4. The summed E-state index contributed by atoms with van der Waals surface area (Å²) >= 11 is 12.2. The third-order valence-electron chi connectivity index (χ3n) is 3.92. The molecule has 0 aliphatic heterocycles. The first kappa shape index (κ1) is 19.2. The standard InChI is InChI=1S/C21H18Cl2N2O2/c22-19-5-3-6-20(23)18(19)12-21(26)25-13-15-7-9-17(10-8-15)27-14-16-4-1-2-11-24-16/h1-11H,12-14H2,(H,25,26). The lowest BCUT2D eigenvalue weighted by Crippen LogP contribution is -2.24. The van der Waals surface area contributed by atoms with Crippen LogP contribution in [0.25, 0.3) is 0 Å². The molecule has 0 atom stereocenters. The maximum absolute atomic E-state index is 12.2. The zero-order valence-corrected chi connectivity index (χ0v) is 16.0.